The van der Waals surface area contributed by atoms with E-state index in [1.54, 1.807) is 55.5 Å². The van der Waals surface area contributed by atoms with Crippen molar-refractivity contribution in [1.82, 2.24) is 13.9 Å². The number of nitrogens with zero attached hydrogens (tertiary/aromatic N) is 4. The highest BCUT2D eigenvalue weighted by molar-refractivity contribution is 7.89. The lowest BCUT2D eigenvalue weighted by atomic mass is 10.2. The second kappa shape index (κ2) is 9.28. The number of nitro benzene ring substituents is 1. The number of benzene rings is 3. The highest BCUT2D eigenvalue weighted by atomic mass is 32.2. The first-order valence-electron chi connectivity index (χ1n) is 10.5. The molecule has 0 aliphatic carbocycles. The van der Waals surface area contributed by atoms with Gasteiger partial charge in [-0.05, 0) is 55.5 Å². The summed E-state index contributed by atoms with van der Waals surface area (Å²) in [6.45, 7) is 1.62. The van der Waals surface area contributed by atoms with E-state index in [4.69, 9.17) is 4.74 Å². The molecule has 1 unspecified atom stereocenters. The summed E-state index contributed by atoms with van der Waals surface area (Å²) < 4.78 is 34.3. The quantitative estimate of drug-likeness (QED) is 0.283. The number of aromatic nitrogens is 2. The maximum atomic E-state index is 13.5. The van der Waals surface area contributed by atoms with Crippen molar-refractivity contribution in [1.29, 1.82) is 0 Å². The molecule has 4 aromatic rings. The summed E-state index contributed by atoms with van der Waals surface area (Å²) in [4.78, 5) is 28.4. The number of sulfonamides is 1. The van der Waals surface area contributed by atoms with Crippen LogP contribution in [0.3, 0.4) is 0 Å². The predicted molar refractivity (Wildman–Crippen MR) is 130 cm³/mol. The van der Waals surface area contributed by atoms with Crippen LogP contribution in [-0.2, 0) is 10.0 Å². The van der Waals surface area contributed by atoms with E-state index in [9.17, 15) is 23.3 Å². The monoisotopic (exact) mass is 494 g/mol. The lowest BCUT2D eigenvalue weighted by Crippen LogP contribution is -2.34. The molecule has 10 nitrogen and oxygen atoms in total. The van der Waals surface area contributed by atoms with Gasteiger partial charge in [0.2, 0.25) is 10.0 Å². The summed E-state index contributed by atoms with van der Waals surface area (Å²) in [6, 6.07) is 17.4. The maximum absolute atomic E-state index is 13.5. The average molecular weight is 495 g/mol. The Kier molecular flexibility index (Phi) is 6.37. The topological polar surface area (TPSA) is 125 Å². The minimum atomic E-state index is -4.07. The van der Waals surface area contributed by atoms with Gasteiger partial charge in [0.25, 0.3) is 11.2 Å². The molecular formula is C24H22N4O6S. The third-order valence-corrected chi connectivity index (χ3v) is 7.72. The molecule has 1 heterocycles. The summed E-state index contributed by atoms with van der Waals surface area (Å²) in [5.41, 5.74) is 0.371. The van der Waals surface area contributed by atoms with Crippen molar-refractivity contribution in [2.24, 2.45) is 0 Å². The average Bonchev–Trinajstić information content (AvgIpc) is 2.88. The number of para-hydroxylation sites is 1. The van der Waals surface area contributed by atoms with Crippen LogP contribution in [0.5, 0.6) is 5.75 Å². The second-order valence-corrected chi connectivity index (χ2v) is 9.77. The normalized spacial score (nSPS) is 12.6. The molecule has 0 fully saturated rings. The van der Waals surface area contributed by atoms with Gasteiger partial charge in [0.15, 0.2) is 0 Å². The molecule has 0 amide bonds. The van der Waals surface area contributed by atoms with Crippen molar-refractivity contribution >= 4 is 26.6 Å². The fourth-order valence-corrected chi connectivity index (χ4v) is 5.01. The Labute approximate surface area is 201 Å². The SMILES string of the molecule is COc1ccc(-n2c(C(C)N(C)S(=O)(=O)c3ccc([N+](=O)[O-])cc3)nc3ccccc3c2=O)cc1. The Balaban J connectivity index is 1.85. The Bertz CT molecular complexity index is 1560. The standard InChI is InChI=1S/C24H22N4O6S/c1-16(26(2)35(32,33)20-14-10-18(11-15-20)28(30)31)23-25-22-7-5-4-6-21(22)24(29)27(23)17-8-12-19(34-3)13-9-17/h4-16H,1-3H3. The van der Waals surface area contributed by atoms with Crippen molar-refractivity contribution < 1.29 is 18.1 Å². The number of hydrogen-bond acceptors (Lipinski definition) is 7. The maximum Gasteiger partial charge on any atom is 0.269 e. The number of ether oxygens (including phenoxy) is 1. The third-order valence-electron chi connectivity index (χ3n) is 5.78. The zero-order valence-electron chi connectivity index (χ0n) is 19.2. The van der Waals surface area contributed by atoms with Gasteiger partial charge in [-0.15, -0.1) is 0 Å². The molecule has 0 saturated carbocycles. The van der Waals surface area contributed by atoms with Crippen LogP contribution in [0.4, 0.5) is 5.69 Å². The van der Waals surface area contributed by atoms with Gasteiger partial charge in [0.05, 0.1) is 39.6 Å². The molecule has 0 aliphatic heterocycles. The van der Waals surface area contributed by atoms with E-state index in [0.29, 0.717) is 22.3 Å². The van der Waals surface area contributed by atoms with Crippen molar-refractivity contribution in [3.05, 3.63) is 99.1 Å². The molecule has 35 heavy (non-hydrogen) atoms. The van der Waals surface area contributed by atoms with E-state index in [0.717, 1.165) is 16.4 Å². The van der Waals surface area contributed by atoms with Gasteiger partial charge < -0.3 is 4.74 Å². The van der Waals surface area contributed by atoms with Gasteiger partial charge in [0.1, 0.15) is 11.6 Å². The summed E-state index contributed by atoms with van der Waals surface area (Å²) in [7, 11) is -1.16. The van der Waals surface area contributed by atoms with E-state index < -0.39 is 21.0 Å². The highest BCUT2D eigenvalue weighted by Crippen LogP contribution is 2.28. The van der Waals surface area contributed by atoms with Crippen LogP contribution in [0, 0.1) is 10.1 Å². The van der Waals surface area contributed by atoms with Gasteiger partial charge in [-0.25, -0.2) is 13.4 Å². The van der Waals surface area contributed by atoms with E-state index >= 15 is 0 Å². The summed E-state index contributed by atoms with van der Waals surface area (Å²) >= 11 is 0. The van der Waals surface area contributed by atoms with Gasteiger partial charge in [-0.3, -0.25) is 19.5 Å². The molecule has 0 spiro atoms. The number of methoxy groups -OCH3 is 1. The fourth-order valence-electron chi connectivity index (χ4n) is 3.69. The van der Waals surface area contributed by atoms with Crippen LogP contribution in [0.25, 0.3) is 16.6 Å². The molecule has 0 N–H and O–H groups in total. The lowest BCUT2D eigenvalue weighted by molar-refractivity contribution is -0.384. The predicted octanol–water partition coefficient (Wildman–Crippen LogP) is 3.68. The van der Waals surface area contributed by atoms with Crippen molar-refractivity contribution in [3.8, 4) is 11.4 Å². The highest BCUT2D eigenvalue weighted by Gasteiger charge is 2.30. The molecule has 4 rings (SSSR count). The minimum Gasteiger partial charge on any atom is -0.497 e. The second-order valence-electron chi connectivity index (χ2n) is 7.77. The number of nitro groups is 1. The summed E-state index contributed by atoms with van der Waals surface area (Å²) in [6.07, 6.45) is 0. The van der Waals surface area contributed by atoms with Crippen LogP contribution in [0.2, 0.25) is 0 Å². The van der Waals surface area contributed by atoms with E-state index in [1.807, 2.05) is 0 Å². The molecule has 0 bridgehead atoms. The number of hydrogen-bond donors (Lipinski definition) is 0. The van der Waals surface area contributed by atoms with Crippen LogP contribution >= 0.6 is 0 Å². The van der Waals surface area contributed by atoms with Gasteiger partial charge in [-0.2, -0.15) is 4.31 Å². The molecule has 11 heteroatoms. The first-order chi connectivity index (χ1) is 16.6. The van der Waals surface area contributed by atoms with Crippen molar-refractivity contribution in [2.45, 2.75) is 17.9 Å². The van der Waals surface area contributed by atoms with Crippen LogP contribution in [-0.4, -0.2) is 41.4 Å². The Morgan fingerprint density at radius 3 is 2.26 bits per heavy atom. The number of rotatable bonds is 7. The first-order valence-corrected chi connectivity index (χ1v) is 12.0. The van der Waals surface area contributed by atoms with E-state index in [-0.39, 0.29) is 22.0 Å². The van der Waals surface area contributed by atoms with Gasteiger partial charge >= 0.3 is 0 Å². The van der Waals surface area contributed by atoms with Crippen LogP contribution in [0.15, 0.2) is 82.5 Å². The fraction of sp³-hybridized carbons (Fsp3) is 0.167. The van der Waals surface area contributed by atoms with E-state index in [2.05, 4.69) is 4.98 Å². The minimum absolute atomic E-state index is 0.114. The van der Waals surface area contributed by atoms with Crippen molar-refractivity contribution in [2.75, 3.05) is 14.2 Å². The zero-order valence-corrected chi connectivity index (χ0v) is 20.0. The molecule has 0 saturated heterocycles. The molecule has 1 atom stereocenters. The number of fused-ring (bicyclic) bond motifs is 1. The van der Waals surface area contributed by atoms with Crippen molar-refractivity contribution in [3.63, 3.8) is 0 Å². The summed E-state index contributed by atoms with van der Waals surface area (Å²) in [5.74, 6) is 0.815. The van der Waals surface area contributed by atoms with Crippen LogP contribution < -0.4 is 10.3 Å². The molecular weight excluding hydrogens is 472 g/mol. The summed E-state index contributed by atoms with van der Waals surface area (Å²) in [5, 5.41) is 11.3. The largest absolute Gasteiger partial charge is 0.497 e. The molecule has 3 aromatic carbocycles. The molecule has 0 radical (unpaired) electrons. The zero-order chi connectivity index (χ0) is 25.3. The smallest absolute Gasteiger partial charge is 0.269 e. The Hall–Kier alpha value is -4.09. The molecule has 1 aromatic heterocycles. The lowest BCUT2D eigenvalue weighted by Gasteiger charge is -2.26. The third kappa shape index (κ3) is 4.38. The first kappa shape index (κ1) is 24.0. The molecule has 180 valence electrons. The Morgan fingerprint density at radius 1 is 1.03 bits per heavy atom. The van der Waals surface area contributed by atoms with Gasteiger partial charge in [-0.1, -0.05) is 12.1 Å². The van der Waals surface area contributed by atoms with Crippen LogP contribution in [0.1, 0.15) is 18.8 Å². The number of non-ortho nitro benzene ring substituents is 1. The van der Waals surface area contributed by atoms with E-state index in [1.165, 1.54) is 30.9 Å². The van der Waals surface area contributed by atoms with Gasteiger partial charge in [0, 0.05) is 19.2 Å². The Morgan fingerprint density at radius 2 is 1.66 bits per heavy atom. The molecule has 0 aliphatic rings.